The van der Waals surface area contributed by atoms with Crippen molar-refractivity contribution in [3.05, 3.63) is 35.8 Å². The molecule has 25 heavy (non-hydrogen) atoms. The molecular weight excluding hydrogens is 326 g/mol. The number of ether oxygens (including phenoxy) is 3. The minimum Gasteiger partial charge on any atom is -0.484 e. The SMILES string of the molecule is COC(=O)c1c(NC(=O)OC(C)(C)C)ccc2c1OCc1occc1-2. The summed E-state index contributed by atoms with van der Waals surface area (Å²) in [6.07, 6.45) is 0.894. The Bertz CT molecular complexity index is 831. The van der Waals surface area contributed by atoms with E-state index in [2.05, 4.69) is 5.32 Å². The van der Waals surface area contributed by atoms with Gasteiger partial charge in [-0.05, 0) is 39.0 Å². The largest absolute Gasteiger partial charge is 0.484 e. The summed E-state index contributed by atoms with van der Waals surface area (Å²) < 4.78 is 21.2. The third kappa shape index (κ3) is 3.31. The topological polar surface area (TPSA) is 87.0 Å². The van der Waals surface area contributed by atoms with Crippen molar-refractivity contribution >= 4 is 17.7 Å². The second-order valence-corrected chi connectivity index (χ2v) is 6.53. The van der Waals surface area contributed by atoms with E-state index in [-0.39, 0.29) is 17.9 Å². The smallest absolute Gasteiger partial charge is 0.412 e. The Morgan fingerprint density at radius 3 is 2.60 bits per heavy atom. The predicted octanol–water partition coefficient (Wildman–Crippen LogP) is 3.97. The zero-order chi connectivity index (χ0) is 18.2. The summed E-state index contributed by atoms with van der Waals surface area (Å²) in [5.74, 6) is 0.403. The van der Waals surface area contributed by atoms with Crippen LogP contribution in [0.25, 0.3) is 11.1 Å². The van der Waals surface area contributed by atoms with Crippen LogP contribution in [0.1, 0.15) is 36.9 Å². The number of methoxy groups -OCH3 is 1. The molecule has 0 saturated carbocycles. The van der Waals surface area contributed by atoms with Gasteiger partial charge in [-0.2, -0.15) is 0 Å². The molecule has 7 heteroatoms. The van der Waals surface area contributed by atoms with Crippen LogP contribution in [-0.2, 0) is 16.1 Å². The van der Waals surface area contributed by atoms with Crippen LogP contribution in [0.15, 0.2) is 28.9 Å². The monoisotopic (exact) mass is 345 g/mol. The van der Waals surface area contributed by atoms with E-state index in [4.69, 9.17) is 18.6 Å². The molecule has 0 saturated heterocycles. The van der Waals surface area contributed by atoms with E-state index < -0.39 is 17.7 Å². The molecule has 2 aromatic rings. The van der Waals surface area contributed by atoms with Gasteiger partial charge in [-0.25, -0.2) is 9.59 Å². The lowest BCUT2D eigenvalue weighted by molar-refractivity contribution is 0.0596. The van der Waals surface area contributed by atoms with Gasteiger partial charge in [0.2, 0.25) is 0 Å². The maximum absolute atomic E-state index is 12.3. The molecule has 0 bridgehead atoms. The average molecular weight is 345 g/mol. The lowest BCUT2D eigenvalue weighted by atomic mass is 9.98. The van der Waals surface area contributed by atoms with Crippen LogP contribution < -0.4 is 10.1 Å². The predicted molar refractivity (Wildman–Crippen MR) is 89.7 cm³/mol. The summed E-state index contributed by atoms with van der Waals surface area (Å²) in [4.78, 5) is 24.4. The quantitative estimate of drug-likeness (QED) is 0.829. The van der Waals surface area contributed by atoms with E-state index >= 15 is 0 Å². The van der Waals surface area contributed by atoms with Crippen LogP contribution in [0.3, 0.4) is 0 Å². The zero-order valence-corrected chi connectivity index (χ0v) is 14.5. The highest BCUT2D eigenvalue weighted by molar-refractivity contribution is 6.04. The number of anilines is 1. The minimum atomic E-state index is -0.669. The number of esters is 1. The summed E-state index contributed by atoms with van der Waals surface area (Å²) in [6, 6.07) is 5.17. The zero-order valence-electron chi connectivity index (χ0n) is 14.5. The molecule has 2 heterocycles. The van der Waals surface area contributed by atoms with Gasteiger partial charge in [-0.3, -0.25) is 5.32 Å². The molecule has 1 aromatic carbocycles. The highest BCUT2D eigenvalue weighted by Gasteiger charge is 2.29. The first-order chi connectivity index (χ1) is 11.8. The number of carbonyl (C=O) groups is 2. The minimum absolute atomic E-state index is 0.137. The molecule has 1 aliphatic rings. The fraction of sp³-hybridized carbons (Fsp3) is 0.333. The molecule has 7 nitrogen and oxygen atoms in total. The summed E-state index contributed by atoms with van der Waals surface area (Å²) in [5, 5.41) is 2.58. The number of amides is 1. The molecule has 1 aliphatic heterocycles. The molecule has 0 spiro atoms. The number of hydrogen-bond acceptors (Lipinski definition) is 6. The number of hydrogen-bond donors (Lipinski definition) is 1. The Morgan fingerprint density at radius 2 is 1.92 bits per heavy atom. The van der Waals surface area contributed by atoms with Gasteiger partial charge in [0.05, 0.1) is 19.1 Å². The molecule has 0 unspecified atom stereocenters. The first-order valence-corrected chi connectivity index (χ1v) is 7.75. The van der Waals surface area contributed by atoms with Crippen molar-refractivity contribution < 1.29 is 28.2 Å². The van der Waals surface area contributed by atoms with E-state index in [0.29, 0.717) is 17.1 Å². The van der Waals surface area contributed by atoms with Crippen LogP contribution >= 0.6 is 0 Å². The summed E-state index contributed by atoms with van der Waals surface area (Å²) >= 11 is 0. The Hall–Kier alpha value is -2.96. The van der Waals surface area contributed by atoms with E-state index in [1.807, 2.05) is 0 Å². The highest BCUT2D eigenvalue weighted by atomic mass is 16.6. The van der Waals surface area contributed by atoms with Gasteiger partial charge in [-0.15, -0.1) is 0 Å². The summed E-state index contributed by atoms with van der Waals surface area (Å²) in [6.45, 7) is 5.45. The van der Waals surface area contributed by atoms with Crippen LogP contribution in [0.2, 0.25) is 0 Å². The van der Waals surface area contributed by atoms with Gasteiger partial charge in [0.1, 0.15) is 29.3 Å². The Kier molecular flexibility index (Phi) is 4.16. The van der Waals surface area contributed by atoms with Crippen molar-refractivity contribution in [2.45, 2.75) is 33.0 Å². The van der Waals surface area contributed by atoms with Crippen LogP contribution in [-0.4, -0.2) is 24.8 Å². The van der Waals surface area contributed by atoms with Gasteiger partial charge in [0, 0.05) is 11.1 Å². The molecule has 0 atom stereocenters. The van der Waals surface area contributed by atoms with Crippen molar-refractivity contribution in [1.82, 2.24) is 0 Å². The molecule has 1 amide bonds. The first kappa shape index (κ1) is 16.9. The van der Waals surface area contributed by atoms with Gasteiger partial charge in [0.25, 0.3) is 0 Å². The first-order valence-electron chi connectivity index (χ1n) is 7.75. The fourth-order valence-corrected chi connectivity index (χ4v) is 2.60. The lowest BCUT2D eigenvalue weighted by Gasteiger charge is -2.23. The van der Waals surface area contributed by atoms with Crippen molar-refractivity contribution in [2.24, 2.45) is 0 Å². The van der Waals surface area contributed by atoms with E-state index in [1.54, 1.807) is 45.2 Å². The van der Waals surface area contributed by atoms with Crippen molar-refractivity contribution in [3.63, 3.8) is 0 Å². The summed E-state index contributed by atoms with van der Waals surface area (Å²) in [5.41, 5.74) is 1.27. The molecule has 0 radical (unpaired) electrons. The average Bonchev–Trinajstić information content (AvgIpc) is 3.00. The van der Waals surface area contributed by atoms with E-state index in [0.717, 1.165) is 5.56 Å². The maximum atomic E-state index is 12.3. The molecule has 0 aliphatic carbocycles. The number of carbonyl (C=O) groups excluding carboxylic acids is 2. The van der Waals surface area contributed by atoms with Crippen LogP contribution in [0, 0.1) is 0 Å². The molecule has 1 aromatic heterocycles. The van der Waals surface area contributed by atoms with Crippen molar-refractivity contribution in [3.8, 4) is 16.9 Å². The van der Waals surface area contributed by atoms with Gasteiger partial charge < -0.3 is 18.6 Å². The Morgan fingerprint density at radius 1 is 1.16 bits per heavy atom. The fourth-order valence-electron chi connectivity index (χ4n) is 2.60. The molecule has 1 N–H and O–H groups in total. The maximum Gasteiger partial charge on any atom is 0.412 e. The Labute approximate surface area is 144 Å². The molecule has 0 fully saturated rings. The Balaban J connectivity index is 2.03. The number of nitrogens with one attached hydrogen (secondary N) is 1. The summed E-state index contributed by atoms with van der Waals surface area (Å²) in [7, 11) is 1.27. The molecular formula is C18H19NO6. The number of rotatable bonds is 2. The van der Waals surface area contributed by atoms with Gasteiger partial charge in [0.15, 0.2) is 0 Å². The third-order valence-electron chi connectivity index (χ3n) is 3.57. The third-order valence-corrected chi connectivity index (χ3v) is 3.57. The highest BCUT2D eigenvalue weighted by Crippen LogP contribution is 2.43. The van der Waals surface area contributed by atoms with Gasteiger partial charge >= 0.3 is 12.1 Å². The van der Waals surface area contributed by atoms with Gasteiger partial charge in [-0.1, -0.05) is 0 Å². The second-order valence-electron chi connectivity index (χ2n) is 6.53. The number of benzene rings is 1. The molecule has 3 rings (SSSR count). The van der Waals surface area contributed by atoms with Crippen LogP contribution in [0.4, 0.5) is 10.5 Å². The second kappa shape index (κ2) is 6.16. The number of fused-ring (bicyclic) bond motifs is 3. The standard InChI is InChI=1S/C18H19NO6/c1-18(2,3)25-17(21)19-12-6-5-11-10-7-8-23-13(10)9-24-15(11)14(12)16(20)22-4/h5-8H,9H2,1-4H3,(H,19,21). The number of furan rings is 1. The van der Waals surface area contributed by atoms with E-state index in [1.165, 1.54) is 7.11 Å². The van der Waals surface area contributed by atoms with Crippen molar-refractivity contribution in [2.75, 3.05) is 12.4 Å². The lowest BCUT2D eigenvalue weighted by Crippen LogP contribution is -2.28. The normalized spacial score (nSPS) is 12.5. The van der Waals surface area contributed by atoms with Crippen molar-refractivity contribution in [1.29, 1.82) is 0 Å². The van der Waals surface area contributed by atoms with E-state index in [9.17, 15) is 9.59 Å². The molecule has 132 valence electrons. The van der Waals surface area contributed by atoms with Crippen LogP contribution in [0.5, 0.6) is 5.75 Å².